The Morgan fingerprint density at radius 1 is 0.803 bits per heavy atom. The summed E-state index contributed by atoms with van der Waals surface area (Å²) in [7, 11) is -5.06. The maximum absolute atomic E-state index is 12.5. The highest BCUT2D eigenvalue weighted by Crippen LogP contribution is 2.74. The lowest BCUT2D eigenvalue weighted by atomic mass is 9.42. The molecule has 0 aromatic carbocycles. The molecular weight excluding hydrogens is 921 g/mol. The van der Waals surface area contributed by atoms with Crippen molar-refractivity contribution >= 4 is 10.4 Å². The van der Waals surface area contributed by atoms with Gasteiger partial charge in [-0.15, -0.1) is 0 Å². The molecule has 4 N–H and O–H groups in total. The smallest absolute Gasteiger partial charge is 0.217 e. The minimum atomic E-state index is -5.06. The maximum atomic E-state index is 12.5. The fourth-order valence-electron chi connectivity index (χ4n) is 21.6. The molecule has 4 saturated carbocycles. The van der Waals surface area contributed by atoms with Crippen LogP contribution in [0.25, 0.3) is 0 Å². The third-order valence-electron chi connectivity index (χ3n) is 24.9. The number of aliphatic hydroxyl groups excluding tert-OH is 2. The molecule has 0 aromatic heterocycles. The minimum Gasteiger partial charge on any atom is -0.726 e. The summed E-state index contributed by atoms with van der Waals surface area (Å²) in [6.45, 7) is 25.2. The molecule has 20 atom stereocenters. The van der Waals surface area contributed by atoms with E-state index in [2.05, 4.69) is 68.4 Å². The van der Waals surface area contributed by atoms with Crippen molar-refractivity contribution in [2.75, 3.05) is 13.2 Å². The van der Waals surface area contributed by atoms with E-state index in [0.717, 1.165) is 70.6 Å². The number of fused-ring (bicyclic) bond motifs is 10. The summed E-state index contributed by atoms with van der Waals surface area (Å²) in [5.41, 5.74) is 3.50. The van der Waals surface area contributed by atoms with E-state index in [9.17, 15) is 33.4 Å². The Labute approximate surface area is 424 Å². The van der Waals surface area contributed by atoms with Crippen LogP contribution in [-0.2, 0) is 33.5 Å². The molecule has 0 aromatic rings. The Hall–Kier alpha value is -1.23. The second kappa shape index (κ2) is 15.5. The molecule has 8 aliphatic carbocycles. The van der Waals surface area contributed by atoms with Gasteiger partial charge < -0.3 is 43.9 Å². The van der Waals surface area contributed by atoms with Gasteiger partial charge in [0, 0.05) is 27.6 Å². The van der Waals surface area contributed by atoms with Crippen LogP contribution in [0.5, 0.6) is 0 Å². The molecule has 71 heavy (non-hydrogen) atoms. The highest BCUT2D eigenvalue weighted by molar-refractivity contribution is 7.80. The van der Waals surface area contributed by atoms with Crippen LogP contribution in [-0.4, -0.2) is 99.9 Å². The lowest BCUT2D eigenvalue weighted by Crippen LogP contribution is -2.76. The summed E-state index contributed by atoms with van der Waals surface area (Å²) in [5.74, 6) is -1.16. The van der Waals surface area contributed by atoms with Crippen molar-refractivity contribution < 1.29 is 56.5 Å². The Morgan fingerprint density at radius 2 is 1.44 bits per heavy atom. The molecule has 14 aliphatic rings. The van der Waals surface area contributed by atoms with Crippen molar-refractivity contribution in [3.05, 3.63) is 33.9 Å². The predicted molar refractivity (Wildman–Crippen MR) is 265 cm³/mol. The molecule has 12 nitrogen and oxygen atoms in total. The highest BCUT2D eigenvalue weighted by Gasteiger charge is 2.75. The molecule has 13 heteroatoms. The highest BCUT2D eigenvalue weighted by atomic mass is 32.3. The second-order valence-electron chi connectivity index (χ2n) is 28.8. The molecule has 6 saturated heterocycles. The molecule has 0 unspecified atom stereocenters. The molecule has 6 bridgehead atoms. The topological polar surface area (TPSA) is 184 Å². The molecule has 6 heterocycles. The van der Waals surface area contributed by atoms with Crippen molar-refractivity contribution in [3.8, 4) is 0 Å². The monoisotopic (exact) mass is 1010 g/mol. The summed E-state index contributed by atoms with van der Waals surface area (Å²) in [6.07, 6.45) is 13.8. The van der Waals surface area contributed by atoms with Gasteiger partial charge in [-0.25, -0.2) is 8.42 Å². The number of aliphatic hydroxyl groups is 4. The van der Waals surface area contributed by atoms with E-state index in [1.165, 1.54) is 35.1 Å². The van der Waals surface area contributed by atoms with Crippen LogP contribution < -0.4 is 0 Å². The van der Waals surface area contributed by atoms with E-state index >= 15 is 0 Å². The average Bonchev–Trinajstić information content (AvgIpc) is 3.85. The van der Waals surface area contributed by atoms with Crippen molar-refractivity contribution in [1.82, 2.24) is 0 Å². The van der Waals surface area contributed by atoms with Crippen molar-refractivity contribution in [1.29, 1.82) is 0 Å². The average molecular weight is 1010 g/mol. The summed E-state index contributed by atoms with van der Waals surface area (Å²) in [4.78, 5) is 0. The van der Waals surface area contributed by atoms with Gasteiger partial charge in [-0.3, -0.25) is 4.18 Å². The second-order valence-corrected chi connectivity index (χ2v) is 29.8. The number of allylic oxidation sites excluding steroid dienone is 2. The number of hydrogen-bond acceptors (Lipinski definition) is 12. The minimum absolute atomic E-state index is 0.0418. The van der Waals surface area contributed by atoms with Crippen LogP contribution in [0.4, 0.5) is 0 Å². The fraction of sp³-hybridized carbons (Fsp3) is 0.897. The maximum Gasteiger partial charge on any atom is 0.217 e. The lowest BCUT2D eigenvalue weighted by Gasteiger charge is -2.70. The molecular formula is C58H87O12S-. The zero-order valence-corrected chi connectivity index (χ0v) is 45.6. The van der Waals surface area contributed by atoms with Crippen molar-refractivity contribution in [3.63, 3.8) is 0 Å². The molecule has 14 rings (SSSR count). The van der Waals surface area contributed by atoms with Crippen LogP contribution in [0.15, 0.2) is 33.9 Å². The van der Waals surface area contributed by atoms with E-state index in [1.807, 2.05) is 13.8 Å². The SMILES string of the molecule is C[C@@H]([C@H]1CC[C@H]2C3=C(CC[C@]12C)[C@@]12CO[C@@](O)([C@@H](O)C1)C(C)(C)[C@@H]2[C@@H](OS(=O)(=O)[O-])C3)[C@H]1C[C@@H]2C[C@@](C)(OC2(C)C)[C@H](CC[C@@H](C)[C@H]2CC[C@H]3C4=C(CC[C@]23C)[C@@]23CO[C@@](O)([C@@H](O)C2)C(C)(C)C3=CC4)O1. The standard InChI is InChI=1S/C58H88O12S/c1-31(36-14-16-38-34-13-18-44-49(3,4)57(61)45(59)27-55(44,29-66-57)40(34)20-22-52(36,38)9)12-19-47-54(11)26-33(51(7,8)70-54)24-42(68-47)32(2)37-15-17-39-35-25-43(69-71(63,64)65)48-50(5,6)58(62)46(60)28-56(48,30-67-58)41(35)21-23-53(37,39)10/h18,31-33,36-39,42-43,45-48,59-62H,12-17,19-30H2,1-11H3,(H,63,64,65)/p-1/t31-,32+,33-,36-,37-,38+,39+,42-,43+,45+,46+,47+,48+,52-,53-,54-,55+,56+,57+,58+/m1/s1. The Bertz CT molecular complexity index is 2460. The fourth-order valence-corrected chi connectivity index (χ4v) is 22.0. The first-order chi connectivity index (χ1) is 32.9. The van der Waals surface area contributed by atoms with Gasteiger partial charge in [-0.2, -0.15) is 0 Å². The quantitative estimate of drug-likeness (QED) is 0.103. The molecule has 10 fully saturated rings. The van der Waals surface area contributed by atoms with E-state index in [4.69, 9.17) is 23.1 Å². The van der Waals surface area contributed by atoms with E-state index in [0.29, 0.717) is 49.0 Å². The number of hydrogen-bond donors (Lipinski definition) is 4. The molecule has 398 valence electrons. The van der Waals surface area contributed by atoms with Crippen LogP contribution in [0.2, 0.25) is 0 Å². The molecule has 6 aliphatic heterocycles. The van der Waals surface area contributed by atoms with Gasteiger partial charge in [-0.05, 0) is 176 Å². The summed E-state index contributed by atoms with van der Waals surface area (Å²) in [5, 5.41) is 46.2. The normalized spacial score (nSPS) is 52.7. The van der Waals surface area contributed by atoms with Gasteiger partial charge >= 0.3 is 0 Å². The third kappa shape index (κ3) is 6.52. The summed E-state index contributed by atoms with van der Waals surface area (Å²) in [6, 6.07) is 0. The van der Waals surface area contributed by atoms with Crippen LogP contribution in [0.1, 0.15) is 179 Å². The first kappa shape index (κ1) is 50.6. The Kier molecular flexibility index (Phi) is 11.0. The number of rotatable bonds is 8. The van der Waals surface area contributed by atoms with Crippen LogP contribution in [0, 0.1) is 79.8 Å². The van der Waals surface area contributed by atoms with Crippen molar-refractivity contribution in [2.45, 2.75) is 232 Å². The number of ether oxygens (including phenoxy) is 4. The van der Waals surface area contributed by atoms with E-state index in [-0.39, 0.29) is 64.5 Å². The Balaban J connectivity index is 0.782. The first-order valence-electron chi connectivity index (χ1n) is 28.2. The lowest BCUT2D eigenvalue weighted by molar-refractivity contribution is -0.408. The zero-order valence-electron chi connectivity index (χ0n) is 44.8. The molecule has 0 amide bonds. The van der Waals surface area contributed by atoms with Crippen molar-refractivity contribution in [2.24, 2.45) is 79.8 Å². The van der Waals surface area contributed by atoms with Gasteiger partial charge in [0.15, 0.2) is 5.79 Å². The van der Waals surface area contributed by atoms with Gasteiger partial charge in [0.25, 0.3) is 0 Å². The molecule has 2 spiro atoms. The Morgan fingerprint density at radius 3 is 2.11 bits per heavy atom. The van der Waals surface area contributed by atoms with Crippen LogP contribution in [0.3, 0.4) is 0 Å². The van der Waals surface area contributed by atoms with Gasteiger partial charge in [-0.1, -0.05) is 89.3 Å². The van der Waals surface area contributed by atoms with E-state index in [1.54, 1.807) is 5.57 Å². The molecule has 0 radical (unpaired) electrons. The third-order valence-corrected chi connectivity index (χ3v) is 25.4. The zero-order chi connectivity index (χ0) is 50.9. The largest absolute Gasteiger partial charge is 0.726 e. The van der Waals surface area contributed by atoms with Crippen LogP contribution >= 0.6 is 0 Å². The van der Waals surface area contributed by atoms with Gasteiger partial charge in [0.05, 0.1) is 42.7 Å². The summed E-state index contributed by atoms with van der Waals surface area (Å²) >= 11 is 0. The van der Waals surface area contributed by atoms with Gasteiger partial charge in [0.1, 0.15) is 12.2 Å². The van der Waals surface area contributed by atoms with E-state index < -0.39 is 62.4 Å². The van der Waals surface area contributed by atoms with Gasteiger partial charge in [0.2, 0.25) is 16.2 Å². The summed E-state index contributed by atoms with van der Waals surface area (Å²) < 4.78 is 70.1. The predicted octanol–water partition coefficient (Wildman–Crippen LogP) is 9.20. The first-order valence-corrected chi connectivity index (χ1v) is 29.5.